The summed E-state index contributed by atoms with van der Waals surface area (Å²) in [5.41, 5.74) is -0.516. The smallest absolute Gasteiger partial charge is 0.414 e. The molecule has 0 aliphatic carbocycles. The molecule has 0 unspecified atom stereocenters. The Morgan fingerprint density at radius 1 is 1.20 bits per heavy atom. The lowest BCUT2D eigenvalue weighted by molar-refractivity contribution is 0.0141. The van der Waals surface area contributed by atoms with Crippen LogP contribution in [0.25, 0.3) is 0 Å². The standard InChI is InChI=1S/C20H26FN3O6/c1-20(2,3)30-18(27)23-8-6-22(7-9-23)17(26)13-4-5-16(15(21)10-13)24-14(11-25)12-29-19(24)28/h4-5,10,14,25H,6-9,11-12H2,1-3H3/t14-/m1/s1. The highest BCUT2D eigenvalue weighted by Crippen LogP contribution is 2.27. The molecule has 9 nitrogen and oxygen atoms in total. The molecule has 2 aliphatic heterocycles. The first-order valence-corrected chi connectivity index (χ1v) is 9.74. The molecule has 0 saturated carbocycles. The molecule has 1 aromatic rings. The number of benzene rings is 1. The topological polar surface area (TPSA) is 99.6 Å². The number of hydrogen-bond donors (Lipinski definition) is 1. The maximum absolute atomic E-state index is 14.7. The molecular formula is C20H26FN3O6. The number of anilines is 1. The number of ether oxygens (including phenoxy) is 2. The van der Waals surface area contributed by atoms with Crippen molar-refractivity contribution in [1.29, 1.82) is 0 Å². The number of aliphatic hydroxyl groups excluding tert-OH is 1. The number of aliphatic hydroxyl groups is 1. The maximum Gasteiger partial charge on any atom is 0.414 e. The fourth-order valence-electron chi connectivity index (χ4n) is 3.33. The summed E-state index contributed by atoms with van der Waals surface area (Å²) in [6, 6.07) is 3.16. The highest BCUT2D eigenvalue weighted by atomic mass is 19.1. The third-order valence-electron chi connectivity index (χ3n) is 4.84. The minimum atomic E-state index is -0.759. The van der Waals surface area contributed by atoms with Gasteiger partial charge in [0.05, 0.1) is 18.3 Å². The van der Waals surface area contributed by atoms with Crippen molar-refractivity contribution in [2.75, 3.05) is 44.3 Å². The molecule has 0 aromatic heterocycles. The first kappa shape index (κ1) is 21.8. The SMILES string of the molecule is CC(C)(C)OC(=O)N1CCN(C(=O)c2ccc(N3C(=O)OC[C@H]3CO)c(F)c2)CC1. The number of halogens is 1. The van der Waals surface area contributed by atoms with Gasteiger partial charge in [0, 0.05) is 31.7 Å². The number of hydrogen-bond acceptors (Lipinski definition) is 6. The second-order valence-electron chi connectivity index (χ2n) is 8.21. The highest BCUT2D eigenvalue weighted by Gasteiger charge is 2.36. The minimum absolute atomic E-state index is 0.0304. The molecule has 3 rings (SSSR count). The second-order valence-corrected chi connectivity index (χ2v) is 8.21. The van der Waals surface area contributed by atoms with E-state index < -0.39 is 29.6 Å². The summed E-state index contributed by atoms with van der Waals surface area (Å²) in [7, 11) is 0. The molecule has 2 heterocycles. The normalized spacial score (nSPS) is 19.7. The Bertz CT molecular complexity index is 832. The third-order valence-corrected chi connectivity index (χ3v) is 4.84. The number of piperazine rings is 1. The van der Waals surface area contributed by atoms with Gasteiger partial charge in [0.15, 0.2) is 0 Å². The monoisotopic (exact) mass is 423 g/mol. The van der Waals surface area contributed by atoms with Crippen LogP contribution in [0, 0.1) is 5.82 Å². The number of carbonyl (C=O) groups excluding carboxylic acids is 3. The van der Waals surface area contributed by atoms with Crippen LogP contribution >= 0.6 is 0 Å². The Balaban J connectivity index is 1.65. The molecule has 2 saturated heterocycles. The highest BCUT2D eigenvalue weighted by molar-refractivity contribution is 5.96. The Morgan fingerprint density at radius 2 is 1.83 bits per heavy atom. The third kappa shape index (κ3) is 4.64. The van der Waals surface area contributed by atoms with Gasteiger partial charge in [-0.15, -0.1) is 0 Å². The van der Waals surface area contributed by atoms with E-state index in [4.69, 9.17) is 9.47 Å². The van der Waals surface area contributed by atoms with Crippen LogP contribution in [0.15, 0.2) is 18.2 Å². The van der Waals surface area contributed by atoms with Crippen molar-refractivity contribution < 1.29 is 33.4 Å². The summed E-state index contributed by atoms with van der Waals surface area (Å²) in [6.07, 6.45) is -1.17. The first-order valence-electron chi connectivity index (χ1n) is 9.74. The van der Waals surface area contributed by atoms with Gasteiger partial charge in [-0.1, -0.05) is 0 Å². The van der Waals surface area contributed by atoms with Gasteiger partial charge in [-0.05, 0) is 39.0 Å². The van der Waals surface area contributed by atoms with Crippen molar-refractivity contribution in [2.24, 2.45) is 0 Å². The van der Waals surface area contributed by atoms with Gasteiger partial charge in [0.1, 0.15) is 18.0 Å². The maximum atomic E-state index is 14.7. The summed E-state index contributed by atoms with van der Waals surface area (Å²) in [6.45, 7) is 6.19. The fraction of sp³-hybridized carbons (Fsp3) is 0.550. The predicted molar refractivity (Wildman–Crippen MR) is 105 cm³/mol. The number of rotatable bonds is 3. The lowest BCUT2D eigenvalue weighted by Crippen LogP contribution is -2.51. The van der Waals surface area contributed by atoms with Gasteiger partial charge in [0.25, 0.3) is 5.91 Å². The summed E-state index contributed by atoms with van der Waals surface area (Å²) in [5, 5.41) is 9.35. The van der Waals surface area contributed by atoms with Crippen LogP contribution in [0.4, 0.5) is 19.7 Å². The molecule has 2 fully saturated rings. The van der Waals surface area contributed by atoms with Crippen LogP contribution in [-0.2, 0) is 9.47 Å². The van der Waals surface area contributed by atoms with E-state index in [1.165, 1.54) is 21.9 Å². The molecule has 30 heavy (non-hydrogen) atoms. The van der Waals surface area contributed by atoms with Crippen LogP contribution in [0.2, 0.25) is 0 Å². The van der Waals surface area contributed by atoms with Gasteiger partial charge in [-0.2, -0.15) is 0 Å². The minimum Gasteiger partial charge on any atom is -0.447 e. The lowest BCUT2D eigenvalue weighted by Gasteiger charge is -2.35. The van der Waals surface area contributed by atoms with Gasteiger partial charge in [0.2, 0.25) is 0 Å². The molecule has 3 amide bonds. The molecular weight excluding hydrogens is 397 g/mol. The molecule has 0 bridgehead atoms. The van der Waals surface area contributed by atoms with Crippen molar-refractivity contribution in [3.8, 4) is 0 Å². The Kier molecular flexibility index (Phi) is 6.16. The Morgan fingerprint density at radius 3 is 2.40 bits per heavy atom. The summed E-state index contributed by atoms with van der Waals surface area (Å²) < 4.78 is 24.9. The number of carbonyl (C=O) groups is 3. The van der Waals surface area contributed by atoms with Crippen molar-refractivity contribution in [2.45, 2.75) is 32.4 Å². The van der Waals surface area contributed by atoms with E-state index in [0.717, 1.165) is 11.0 Å². The van der Waals surface area contributed by atoms with Crippen molar-refractivity contribution in [3.05, 3.63) is 29.6 Å². The van der Waals surface area contributed by atoms with Gasteiger partial charge in [-0.25, -0.2) is 14.0 Å². The van der Waals surface area contributed by atoms with E-state index in [9.17, 15) is 23.9 Å². The summed E-state index contributed by atoms with van der Waals surface area (Å²) in [4.78, 5) is 40.9. The van der Waals surface area contributed by atoms with Gasteiger partial charge >= 0.3 is 12.2 Å². The average Bonchev–Trinajstić information content (AvgIpc) is 3.06. The zero-order valence-electron chi connectivity index (χ0n) is 17.3. The molecule has 1 aromatic carbocycles. The van der Waals surface area contributed by atoms with Crippen LogP contribution in [0.1, 0.15) is 31.1 Å². The van der Waals surface area contributed by atoms with E-state index in [2.05, 4.69) is 0 Å². The molecule has 0 radical (unpaired) electrons. The fourth-order valence-corrected chi connectivity index (χ4v) is 3.33. The van der Waals surface area contributed by atoms with E-state index in [-0.39, 0.29) is 30.4 Å². The zero-order valence-corrected chi connectivity index (χ0v) is 17.3. The first-order chi connectivity index (χ1) is 14.1. The van der Waals surface area contributed by atoms with Crippen LogP contribution < -0.4 is 4.90 Å². The molecule has 164 valence electrons. The van der Waals surface area contributed by atoms with E-state index in [1.54, 1.807) is 20.8 Å². The van der Waals surface area contributed by atoms with Crippen molar-refractivity contribution in [3.63, 3.8) is 0 Å². The van der Waals surface area contributed by atoms with Crippen molar-refractivity contribution >= 4 is 23.8 Å². The van der Waals surface area contributed by atoms with Crippen LogP contribution in [0.3, 0.4) is 0 Å². The van der Waals surface area contributed by atoms with Gasteiger partial charge < -0.3 is 24.4 Å². The number of amides is 3. The van der Waals surface area contributed by atoms with Crippen molar-refractivity contribution in [1.82, 2.24) is 9.80 Å². The molecule has 0 spiro atoms. The average molecular weight is 423 g/mol. The summed E-state index contributed by atoms with van der Waals surface area (Å²) >= 11 is 0. The largest absolute Gasteiger partial charge is 0.447 e. The molecule has 10 heteroatoms. The van der Waals surface area contributed by atoms with Crippen LogP contribution in [-0.4, -0.2) is 84.0 Å². The molecule has 2 aliphatic rings. The lowest BCUT2D eigenvalue weighted by atomic mass is 10.1. The number of nitrogens with zero attached hydrogens (tertiary/aromatic N) is 3. The quantitative estimate of drug-likeness (QED) is 0.796. The Hall–Kier alpha value is -2.88. The van der Waals surface area contributed by atoms with Crippen LogP contribution in [0.5, 0.6) is 0 Å². The predicted octanol–water partition coefficient (Wildman–Crippen LogP) is 1.84. The van der Waals surface area contributed by atoms with E-state index >= 15 is 0 Å². The van der Waals surface area contributed by atoms with Gasteiger partial charge in [-0.3, -0.25) is 9.69 Å². The number of cyclic esters (lactones) is 1. The van der Waals surface area contributed by atoms with E-state index in [1.807, 2.05) is 0 Å². The summed E-state index contributed by atoms with van der Waals surface area (Å²) in [5.74, 6) is -1.13. The zero-order chi connectivity index (χ0) is 22.1. The molecule has 1 N–H and O–H groups in total. The second kappa shape index (κ2) is 8.47. The van der Waals surface area contributed by atoms with E-state index in [0.29, 0.717) is 26.2 Å². The molecule has 1 atom stereocenters. The Labute approximate surface area is 173 Å².